The van der Waals surface area contributed by atoms with E-state index in [4.69, 9.17) is 0 Å². The second-order valence-corrected chi connectivity index (χ2v) is 5.97. The minimum absolute atomic E-state index is 0.745. The van der Waals surface area contributed by atoms with Gasteiger partial charge in [-0.25, -0.2) is 4.98 Å². The van der Waals surface area contributed by atoms with Gasteiger partial charge in [-0.3, -0.25) is 0 Å². The number of thiazole rings is 1. The van der Waals surface area contributed by atoms with Crippen molar-refractivity contribution in [3.63, 3.8) is 0 Å². The summed E-state index contributed by atoms with van der Waals surface area (Å²) in [5.41, 5.74) is 0. The Bertz CT molecular complexity index is 318. The zero-order chi connectivity index (χ0) is 10.7. The summed E-state index contributed by atoms with van der Waals surface area (Å²) < 4.78 is 1.07. The molecule has 0 spiro atoms. The van der Waals surface area contributed by atoms with Crippen LogP contribution < -0.4 is 5.32 Å². The summed E-state index contributed by atoms with van der Waals surface area (Å²) in [5, 5.41) is 4.53. The molecule has 1 saturated carbocycles. The smallest absolute Gasteiger partial charge is 0.120 e. The lowest BCUT2D eigenvalue weighted by Gasteiger charge is -2.02. The van der Waals surface area contributed by atoms with E-state index in [1.165, 1.54) is 35.6 Å². The van der Waals surface area contributed by atoms with Crippen LogP contribution in [0.3, 0.4) is 0 Å². The molecule has 0 unspecified atom stereocenters. The Kier molecular flexibility index (Phi) is 4.17. The van der Waals surface area contributed by atoms with Gasteiger partial charge in [0, 0.05) is 10.8 Å². The molecule has 1 aliphatic carbocycles. The van der Waals surface area contributed by atoms with E-state index in [-0.39, 0.29) is 0 Å². The van der Waals surface area contributed by atoms with Crippen molar-refractivity contribution in [3.05, 3.63) is 14.5 Å². The van der Waals surface area contributed by atoms with Crippen LogP contribution in [0.2, 0.25) is 0 Å². The summed E-state index contributed by atoms with van der Waals surface area (Å²) in [4.78, 5) is 6.05. The molecule has 0 aliphatic heterocycles. The van der Waals surface area contributed by atoms with E-state index in [9.17, 15) is 0 Å². The fourth-order valence-corrected chi connectivity index (χ4v) is 3.97. The lowest BCUT2D eigenvalue weighted by Crippen LogP contribution is -2.09. The van der Waals surface area contributed by atoms with Crippen LogP contribution in [0.4, 0.5) is 0 Å². The van der Waals surface area contributed by atoms with E-state index in [2.05, 4.69) is 26.2 Å². The van der Waals surface area contributed by atoms with Crippen LogP contribution in [0.15, 0.2) is 4.60 Å². The Labute approximate surface area is 104 Å². The lowest BCUT2D eigenvalue weighted by atomic mass is 10.1. The molecule has 84 valence electrons. The third kappa shape index (κ3) is 2.80. The Morgan fingerprint density at radius 2 is 2.20 bits per heavy atom. The molecule has 0 amide bonds. The van der Waals surface area contributed by atoms with Crippen LogP contribution >= 0.6 is 27.3 Å². The minimum Gasteiger partial charge on any atom is -0.319 e. The summed E-state index contributed by atoms with van der Waals surface area (Å²) in [6.07, 6.45) is 6.53. The molecule has 1 fully saturated rings. The van der Waals surface area contributed by atoms with Crippen LogP contribution in [-0.2, 0) is 6.42 Å². The second-order valence-electron chi connectivity index (χ2n) is 4.10. The average molecular weight is 289 g/mol. The van der Waals surface area contributed by atoms with Gasteiger partial charge in [0.25, 0.3) is 0 Å². The van der Waals surface area contributed by atoms with Crippen LogP contribution in [0.1, 0.15) is 41.5 Å². The van der Waals surface area contributed by atoms with Crippen molar-refractivity contribution in [2.75, 3.05) is 13.6 Å². The maximum absolute atomic E-state index is 4.65. The van der Waals surface area contributed by atoms with E-state index in [0.717, 1.165) is 23.5 Å². The van der Waals surface area contributed by atoms with Crippen molar-refractivity contribution in [3.8, 4) is 0 Å². The van der Waals surface area contributed by atoms with Crippen molar-refractivity contribution in [1.82, 2.24) is 10.3 Å². The van der Waals surface area contributed by atoms with Gasteiger partial charge in [-0.1, -0.05) is 12.8 Å². The molecule has 4 heteroatoms. The van der Waals surface area contributed by atoms with E-state index >= 15 is 0 Å². The quantitative estimate of drug-likeness (QED) is 0.919. The normalized spacial score (nSPS) is 17.5. The predicted molar refractivity (Wildman–Crippen MR) is 68.7 cm³/mol. The highest BCUT2D eigenvalue weighted by atomic mass is 79.9. The molecule has 1 aromatic rings. The molecule has 2 rings (SSSR count). The van der Waals surface area contributed by atoms with Crippen molar-refractivity contribution < 1.29 is 0 Å². The zero-order valence-corrected chi connectivity index (χ0v) is 11.5. The van der Waals surface area contributed by atoms with Gasteiger partial charge in [0.15, 0.2) is 0 Å². The summed E-state index contributed by atoms with van der Waals surface area (Å²) in [7, 11) is 1.99. The Morgan fingerprint density at radius 1 is 1.47 bits per heavy atom. The van der Waals surface area contributed by atoms with Crippen LogP contribution in [0, 0.1) is 0 Å². The number of aromatic nitrogens is 1. The zero-order valence-electron chi connectivity index (χ0n) is 9.05. The molecule has 0 aromatic carbocycles. The third-order valence-corrected chi connectivity index (χ3v) is 5.17. The van der Waals surface area contributed by atoms with Crippen molar-refractivity contribution in [1.29, 1.82) is 0 Å². The van der Waals surface area contributed by atoms with E-state index in [1.54, 1.807) is 0 Å². The second kappa shape index (κ2) is 5.41. The fraction of sp³-hybridized carbons (Fsp3) is 0.727. The van der Waals surface area contributed by atoms with Gasteiger partial charge in [0.2, 0.25) is 0 Å². The first-order valence-electron chi connectivity index (χ1n) is 5.61. The van der Waals surface area contributed by atoms with Crippen LogP contribution in [-0.4, -0.2) is 18.6 Å². The van der Waals surface area contributed by atoms with Gasteiger partial charge in [0.1, 0.15) is 4.60 Å². The molecule has 1 aliphatic rings. The van der Waals surface area contributed by atoms with Gasteiger partial charge in [0.05, 0.1) is 5.01 Å². The molecule has 1 aromatic heterocycles. The molecule has 0 atom stereocenters. The van der Waals surface area contributed by atoms with Crippen molar-refractivity contribution >= 4 is 27.3 Å². The number of nitrogens with one attached hydrogen (secondary N) is 1. The summed E-state index contributed by atoms with van der Waals surface area (Å²) in [6, 6.07) is 0. The van der Waals surface area contributed by atoms with Gasteiger partial charge in [-0.15, -0.1) is 11.3 Å². The molecule has 15 heavy (non-hydrogen) atoms. The molecule has 1 N–H and O–H groups in total. The molecule has 2 nitrogen and oxygen atoms in total. The van der Waals surface area contributed by atoms with E-state index in [1.807, 2.05) is 18.4 Å². The molecule has 0 radical (unpaired) electrons. The van der Waals surface area contributed by atoms with Gasteiger partial charge < -0.3 is 5.32 Å². The molecule has 0 bridgehead atoms. The van der Waals surface area contributed by atoms with Crippen LogP contribution in [0.25, 0.3) is 0 Å². The maximum Gasteiger partial charge on any atom is 0.120 e. The van der Waals surface area contributed by atoms with Crippen LogP contribution in [0.5, 0.6) is 0 Å². The third-order valence-electron chi connectivity index (χ3n) is 2.97. The topological polar surface area (TPSA) is 24.9 Å². The number of halogens is 1. The number of likely N-dealkylation sites (N-methyl/N-ethyl adjacent to an activating group) is 1. The molecular formula is C11H17BrN2S. The monoisotopic (exact) mass is 288 g/mol. The first kappa shape index (κ1) is 11.6. The number of rotatable bonds is 4. The predicted octanol–water partition coefficient (Wildman–Crippen LogP) is 3.33. The Balaban J connectivity index is 2.06. The van der Waals surface area contributed by atoms with Gasteiger partial charge >= 0.3 is 0 Å². The van der Waals surface area contributed by atoms with Gasteiger partial charge in [-0.05, 0) is 48.8 Å². The highest BCUT2D eigenvalue weighted by Gasteiger charge is 2.21. The van der Waals surface area contributed by atoms with Crippen molar-refractivity contribution in [2.24, 2.45) is 0 Å². The first-order valence-corrected chi connectivity index (χ1v) is 7.22. The number of nitrogens with zero attached hydrogens (tertiary/aromatic N) is 1. The maximum atomic E-state index is 4.65. The van der Waals surface area contributed by atoms with E-state index < -0.39 is 0 Å². The standard InChI is InChI=1S/C11H17BrN2S/c1-13-7-6-9-10(12)14-11(15-9)8-4-2-3-5-8/h8,13H,2-7H2,1H3. The molecule has 0 saturated heterocycles. The number of hydrogen-bond acceptors (Lipinski definition) is 3. The fourth-order valence-electron chi connectivity index (χ4n) is 2.09. The first-order chi connectivity index (χ1) is 7.31. The van der Waals surface area contributed by atoms with Gasteiger partial charge in [-0.2, -0.15) is 0 Å². The largest absolute Gasteiger partial charge is 0.319 e. The van der Waals surface area contributed by atoms with Crippen molar-refractivity contribution in [2.45, 2.75) is 38.0 Å². The summed E-state index contributed by atoms with van der Waals surface area (Å²) >= 11 is 5.46. The summed E-state index contributed by atoms with van der Waals surface area (Å²) in [6.45, 7) is 1.03. The Hall–Kier alpha value is 0.0700. The highest BCUT2D eigenvalue weighted by molar-refractivity contribution is 9.10. The minimum atomic E-state index is 0.745. The van der Waals surface area contributed by atoms with E-state index in [0.29, 0.717) is 0 Å². The Morgan fingerprint density at radius 3 is 2.87 bits per heavy atom. The summed E-state index contributed by atoms with van der Waals surface area (Å²) in [5.74, 6) is 0.745. The molecule has 1 heterocycles. The molecular weight excluding hydrogens is 272 g/mol. The lowest BCUT2D eigenvalue weighted by molar-refractivity contribution is 0.714. The highest BCUT2D eigenvalue weighted by Crippen LogP contribution is 2.38. The SMILES string of the molecule is CNCCc1sc(C2CCCC2)nc1Br. The number of hydrogen-bond donors (Lipinski definition) is 1. The average Bonchev–Trinajstić information content (AvgIpc) is 2.83.